The van der Waals surface area contributed by atoms with Crippen molar-refractivity contribution in [2.75, 3.05) is 7.11 Å². The molecule has 3 nitrogen and oxygen atoms in total. The first-order chi connectivity index (χ1) is 9.22. The molecule has 4 fully saturated rings. The molecule has 0 N–H and O–H groups in total. The second-order valence-corrected chi connectivity index (χ2v) is 6.90. The summed E-state index contributed by atoms with van der Waals surface area (Å²) >= 11 is 0. The molecule has 0 aromatic carbocycles. The summed E-state index contributed by atoms with van der Waals surface area (Å²) in [6.07, 6.45) is 6.88. The van der Waals surface area contributed by atoms with E-state index in [1.54, 1.807) is 0 Å². The minimum absolute atomic E-state index is 0.147. The van der Waals surface area contributed by atoms with Gasteiger partial charge in [-0.2, -0.15) is 0 Å². The van der Waals surface area contributed by atoms with Gasteiger partial charge in [-0.05, 0) is 61.2 Å². The Labute approximate surface area is 114 Å². The standard InChI is InChI=1S/C16H22O3/c1-3-14(17)19-13-7-9-5-11(13)16-10-4-8(15(9)16)6-12(10)18-2/h3,8-13,15-16H,1,4-7H2,2H3. The molecule has 19 heavy (non-hydrogen) atoms. The number of hydrogen-bond donors (Lipinski definition) is 0. The van der Waals surface area contributed by atoms with Gasteiger partial charge in [0, 0.05) is 13.2 Å². The second kappa shape index (κ2) is 4.08. The fourth-order valence-corrected chi connectivity index (χ4v) is 6.09. The maximum absolute atomic E-state index is 11.5. The highest BCUT2D eigenvalue weighted by Crippen LogP contribution is 2.68. The fraction of sp³-hybridized carbons (Fsp3) is 0.812. The van der Waals surface area contributed by atoms with Crippen LogP contribution < -0.4 is 0 Å². The molecule has 4 bridgehead atoms. The highest BCUT2D eigenvalue weighted by Gasteiger charge is 2.65. The predicted molar refractivity (Wildman–Crippen MR) is 70.3 cm³/mol. The van der Waals surface area contributed by atoms with E-state index in [9.17, 15) is 4.79 Å². The van der Waals surface area contributed by atoms with Gasteiger partial charge in [-0.25, -0.2) is 4.79 Å². The van der Waals surface area contributed by atoms with Crippen LogP contribution in [0.4, 0.5) is 0 Å². The number of ether oxygens (including phenoxy) is 2. The van der Waals surface area contributed by atoms with Gasteiger partial charge in [0.05, 0.1) is 6.10 Å². The van der Waals surface area contributed by atoms with Gasteiger partial charge in [0.15, 0.2) is 0 Å². The average Bonchev–Trinajstić information content (AvgIpc) is 3.14. The Morgan fingerprint density at radius 3 is 2.32 bits per heavy atom. The van der Waals surface area contributed by atoms with Crippen molar-refractivity contribution in [3.05, 3.63) is 12.7 Å². The van der Waals surface area contributed by atoms with Crippen molar-refractivity contribution >= 4 is 5.97 Å². The van der Waals surface area contributed by atoms with Gasteiger partial charge in [-0.3, -0.25) is 0 Å². The van der Waals surface area contributed by atoms with Gasteiger partial charge < -0.3 is 9.47 Å². The lowest BCUT2D eigenvalue weighted by Crippen LogP contribution is -2.41. The second-order valence-electron chi connectivity index (χ2n) is 6.90. The molecule has 0 heterocycles. The van der Waals surface area contributed by atoms with Crippen LogP contribution in [0, 0.1) is 35.5 Å². The van der Waals surface area contributed by atoms with Crippen molar-refractivity contribution in [3.8, 4) is 0 Å². The molecule has 0 amide bonds. The minimum atomic E-state index is -0.249. The first kappa shape index (κ1) is 12.0. The smallest absolute Gasteiger partial charge is 0.330 e. The topological polar surface area (TPSA) is 35.5 Å². The molecule has 4 saturated carbocycles. The molecule has 4 aliphatic carbocycles. The van der Waals surface area contributed by atoms with E-state index in [2.05, 4.69) is 6.58 Å². The van der Waals surface area contributed by atoms with Gasteiger partial charge >= 0.3 is 5.97 Å². The monoisotopic (exact) mass is 262 g/mol. The number of hydrogen-bond acceptors (Lipinski definition) is 3. The van der Waals surface area contributed by atoms with Crippen molar-refractivity contribution in [1.29, 1.82) is 0 Å². The summed E-state index contributed by atoms with van der Waals surface area (Å²) in [7, 11) is 1.85. The molecule has 4 aliphatic rings. The maximum atomic E-state index is 11.5. The number of esters is 1. The van der Waals surface area contributed by atoms with Gasteiger partial charge in [0.1, 0.15) is 6.10 Å². The Bertz CT molecular complexity index is 418. The summed E-state index contributed by atoms with van der Waals surface area (Å²) in [5.41, 5.74) is 0. The SMILES string of the molecule is C=CC(=O)OC1CC2CC1C1C3CC(CC3OC)C21. The quantitative estimate of drug-likeness (QED) is 0.445. The van der Waals surface area contributed by atoms with Crippen molar-refractivity contribution in [1.82, 2.24) is 0 Å². The van der Waals surface area contributed by atoms with E-state index in [0.29, 0.717) is 12.0 Å². The van der Waals surface area contributed by atoms with Crippen molar-refractivity contribution in [2.24, 2.45) is 35.5 Å². The largest absolute Gasteiger partial charge is 0.459 e. The third-order valence-corrected chi connectivity index (χ3v) is 6.43. The molecule has 0 aromatic heterocycles. The number of carbonyl (C=O) groups is 1. The molecule has 8 atom stereocenters. The highest BCUT2D eigenvalue weighted by molar-refractivity contribution is 5.81. The Kier molecular flexibility index (Phi) is 2.57. The van der Waals surface area contributed by atoms with Crippen LogP contribution in [0.2, 0.25) is 0 Å². The van der Waals surface area contributed by atoms with Crippen LogP contribution in [0.1, 0.15) is 25.7 Å². The number of methoxy groups -OCH3 is 1. The van der Waals surface area contributed by atoms with E-state index in [4.69, 9.17) is 9.47 Å². The van der Waals surface area contributed by atoms with Crippen LogP contribution in [-0.4, -0.2) is 25.3 Å². The average molecular weight is 262 g/mol. The normalized spacial score (nSPS) is 53.3. The molecule has 8 unspecified atom stereocenters. The highest BCUT2D eigenvalue weighted by atomic mass is 16.5. The Hall–Kier alpha value is -0.830. The van der Waals surface area contributed by atoms with Crippen molar-refractivity contribution in [3.63, 3.8) is 0 Å². The summed E-state index contributed by atoms with van der Waals surface area (Å²) < 4.78 is 11.3. The van der Waals surface area contributed by atoms with E-state index < -0.39 is 0 Å². The van der Waals surface area contributed by atoms with Gasteiger partial charge in [0.2, 0.25) is 0 Å². The van der Waals surface area contributed by atoms with Crippen LogP contribution in [-0.2, 0) is 14.3 Å². The van der Waals surface area contributed by atoms with Crippen LogP contribution in [0.15, 0.2) is 12.7 Å². The first-order valence-corrected chi connectivity index (χ1v) is 7.58. The van der Waals surface area contributed by atoms with Crippen LogP contribution >= 0.6 is 0 Å². The number of carbonyl (C=O) groups excluding carboxylic acids is 1. The van der Waals surface area contributed by atoms with E-state index in [1.165, 1.54) is 25.3 Å². The lowest BCUT2D eigenvalue weighted by molar-refractivity contribution is -0.148. The Morgan fingerprint density at radius 2 is 1.68 bits per heavy atom. The summed E-state index contributed by atoms with van der Waals surface area (Å²) in [5.74, 6) is 4.40. The summed E-state index contributed by atoms with van der Waals surface area (Å²) in [4.78, 5) is 11.5. The predicted octanol–water partition coefficient (Wildman–Crippen LogP) is 2.41. The maximum Gasteiger partial charge on any atom is 0.330 e. The minimum Gasteiger partial charge on any atom is -0.459 e. The third kappa shape index (κ3) is 1.51. The van der Waals surface area contributed by atoms with Gasteiger partial charge in [-0.1, -0.05) is 6.58 Å². The lowest BCUT2D eigenvalue weighted by atomic mass is 9.69. The Morgan fingerprint density at radius 1 is 1.05 bits per heavy atom. The van der Waals surface area contributed by atoms with Crippen molar-refractivity contribution in [2.45, 2.75) is 37.9 Å². The zero-order valence-electron chi connectivity index (χ0n) is 11.5. The van der Waals surface area contributed by atoms with Gasteiger partial charge in [-0.15, -0.1) is 0 Å². The van der Waals surface area contributed by atoms with E-state index in [0.717, 1.165) is 36.0 Å². The molecular formula is C16H22O3. The molecular weight excluding hydrogens is 240 g/mol. The van der Waals surface area contributed by atoms with E-state index in [1.807, 2.05) is 7.11 Å². The molecule has 0 aliphatic heterocycles. The molecule has 104 valence electrons. The zero-order valence-corrected chi connectivity index (χ0v) is 11.5. The fourth-order valence-electron chi connectivity index (χ4n) is 6.09. The van der Waals surface area contributed by atoms with E-state index in [-0.39, 0.29) is 12.1 Å². The number of rotatable bonds is 3. The first-order valence-electron chi connectivity index (χ1n) is 7.58. The molecule has 4 rings (SSSR count). The summed E-state index contributed by atoms with van der Waals surface area (Å²) in [5, 5.41) is 0. The molecule has 0 saturated heterocycles. The third-order valence-electron chi connectivity index (χ3n) is 6.43. The van der Waals surface area contributed by atoms with Gasteiger partial charge in [0.25, 0.3) is 0 Å². The number of fused-ring (bicyclic) bond motifs is 9. The van der Waals surface area contributed by atoms with Crippen molar-refractivity contribution < 1.29 is 14.3 Å². The summed E-state index contributed by atoms with van der Waals surface area (Å²) in [6, 6.07) is 0. The Balaban J connectivity index is 1.54. The van der Waals surface area contributed by atoms with Crippen LogP contribution in [0.5, 0.6) is 0 Å². The molecule has 0 radical (unpaired) electrons. The lowest BCUT2D eigenvalue weighted by Gasteiger charge is -2.40. The molecule has 0 aromatic rings. The van der Waals surface area contributed by atoms with Crippen LogP contribution in [0.25, 0.3) is 0 Å². The molecule has 3 heteroatoms. The zero-order chi connectivity index (χ0) is 13.1. The van der Waals surface area contributed by atoms with Crippen LogP contribution in [0.3, 0.4) is 0 Å². The summed E-state index contributed by atoms with van der Waals surface area (Å²) in [6.45, 7) is 3.50. The van der Waals surface area contributed by atoms with E-state index >= 15 is 0 Å². The molecule has 0 spiro atoms.